The lowest BCUT2D eigenvalue weighted by Crippen LogP contribution is -2.01. The minimum Gasteiger partial charge on any atom is -0.640 e. The van der Waals surface area contributed by atoms with Gasteiger partial charge < -0.3 is 22.7 Å². The zero-order chi connectivity index (χ0) is 21.8. The highest BCUT2D eigenvalue weighted by Crippen LogP contribution is 2.25. The zero-order valence-corrected chi connectivity index (χ0v) is 18.9. The Hall–Kier alpha value is -2.88. The van der Waals surface area contributed by atoms with E-state index in [9.17, 15) is 0 Å². The summed E-state index contributed by atoms with van der Waals surface area (Å²) in [5, 5.41) is 0. The molecule has 0 atom stereocenters. The van der Waals surface area contributed by atoms with Crippen molar-refractivity contribution in [3.8, 4) is 29.0 Å². The number of nitrogens with zero attached hydrogens (tertiary/aromatic N) is 1. The molecule has 30 heavy (non-hydrogen) atoms. The summed E-state index contributed by atoms with van der Waals surface area (Å²) in [5.74, 6) is 3.02. The molecule has 7 heteroatoms. The Balaban J connectivity index is 0.00000155. The third-order valence-electron chi connectivity index (χ3n) is 3.98. The van der Waals surface area contributed by atoms with E-state index in [4.69, 9.17) is 22.7 Å². The highest BCUT2D eigenvalue weighted by Gasteiger charge is 2.06. The average molecular weight is 423 g/mol. The van der Waals surface area contributed by atoms with Crippen molar-refractivity contribution in [2.24, 2.45) is 0 Å². The number of hydrogen-bond donors (Lipinski definition) is 0. The van der Waals surface area contributed by atoms with E-state index >= 15 is 0 Å². The average Bonchev–Trinajstić information content (AvgIpc) is 2.83. The van der Waals surface area contributed by atoms with Crippen LogP contribution in [0.5, 0.6) is 29.0 Å². The molecule has 0 aliphatic carbocycles. The predicted molar refractivity (Wildman–Crippen MR) is 117 cm³/mol. The SMILES string of the molecule is CC.COc1ccc(COc2cc([O][Al])nc(OCc3ccc(OC)cc3)c2)cc1. The summed E-state index contributed by atoms with van der Waals surface area (Å²) in [6.07, 6.45) is 0. The number of hydrogen-bond acceptors (Lipinski definition) is 6. The van der Waals surface area contributed by atoms with E-state index in [1.165, 1.54) is 0 Å². The summed E-state index contributed by atoms with van der Waals surface area (Å²) in [6.45, 7) is 4.78. The molecule has 0 aliphatic rings. The Morgan fingerprint density at radius 2 is 1.13 bits per heavy atom. The molecule has 3 aromatic rings. The molecule has 0 N–H and O–H groups in total. The van der Waals surface area contributed by atoms with E-state index in [0.29, 0.717) is 30.7 Å². The quantitative estimate of drug-likeness (QED) is 0.463. The van der Waals surface area contributed by atoms with Crippen molar-refractivity contribution in [1.29, 1.82) is 0 Å². The molecular weight excluding hydrogens is 397 g/mol. The van der Waals surface area contributed by atoms with Gasteiger partial charge in [-0.3, -0.25) is 0 Å². The maximum absolute atomic E-state index is 5.86. The Morgan fingerprint density at radius 3 is 1.60 bits per heavy atom. The van der Waals surface area contributed by atoms with Crippen LogP contribution in [0.2, 0.25) is 0 Å². The molecule has 0 bridgehead atoms. The standard InChI is InChI=1S/C21H21NO5.C2H6.Al/c1-24-17-7-3-15(4-8-17)13-26-19-11-20(23)22-21(12-19)27-14-16-5-9-18(25-2)10-6-16;1-2;/h3-12H,13-14H2,1-2H3,(H,22,23);1-2H3;/q;;+1/p-1. The first-order valence-electron chi connectivity index (χ1n) is 9.60. The first-order valence-corrected chi connectivity index (χ1v) is 10.1. The van der Waals surface area contributed by atoms with Crippen LogP contribution in [-0.4, -0.2) is 35.8 Å². The molecule has 156 valence electrons. The molecule has 0 amide bonds. The normalized spacial score (nSPS) is 9.73. The number of benzene rings is 2. The van der Waals surface area contributed by atoms with Gasteiger partial charge in [0.2, 0.25) is 5.88 Å². The first-order chi connectivity index (χ1) is 14.7. The van der Waals surface area contributed by atoms with Gasteiger partial charge in [-0.25, -0.2) is 0 Å². The van der Waals surface area contributed by atoms with Crippen molar-refractivity contribution >= 4 is 16.6 Å². The van der Waals surface area contributed by atoms with Gasteiger partial charge in [0.25, 0.3) is 0 Å². The molecule has 1 heterocycles. The monoisotopic (exact) mass is 423 g/mol. The van der Waals surface area contributed by atoms with Crippen LogP contribution in [0, 0.1) is 0 Å². The number of methoxy groups -OCH3 is 2. The summed E-state index contributed by atoms with van der Waals surface area (Å²) in [4.78, 5) is 4.29. The number of rotatable bonds is 9. The zero-order valence-electron chi connectivity index (χ0n) is 17.8. The van der Waals surface area contributed by atoms with Crippen LogP contribution in [0.4, 0.5) is 0 Å². The van der Waals surface area contributed by atoms with Gasteiger partial charge in [-0.05, 0) is 35.4 Å². The maximum atomic E-state index is 5.86. The second kappa shape index (κ2) is 12.6. The van der Waals surface area contributed by atoms with Crippen molar-refractivity contribution in [2.75, 3.05) is 14.2 Å². The van der Waals surface area contributed by atoms with E-state index in [2.05, 4.69) is 21.6 Å². The van der Waals surface area contributed by atoms with E-state index in [-0.39, 0.29) is 0 Å². The molecule has 0 spiro atoms. The van der Waals surface area contributed by atoms with Crippen LogP contribution in [0.25, 0.3) is 0 Å². The summed E-state index contributed by atoms with van der Waals surface area (Å²) >= 11 is 2.18. The third kappa shape index (κ3) is 7.18. The summed E-state index contributed by atoms with van der Waals surface area (Å²) in [5.41, 5.74) is 2.02. The van der Waals surface area contributed by atoms with E-state index in [0.717, 1.165) is 22.6 Å². The fourth-order valence-electron chi connectivity index (χ4n) is 2.44. The highest BCUT2D eigenvalue weighted by molar-refractivity contribution is 5.99. The minimum atomic E-state index is 0.370. The van der Waals surface area contributed by atoms with Gasteiger partial charge >= 0.3 is 16.6 Å². The molecule has 0 saturated heterocycles. The van der Waals surface area contributed by atoms with Gasteiger partial charge in [-0.2, -0.15) is 4.98 Å². The predicted octanol–water partition coefficient (Wildman–Crippen LogP) is 4.75. The van der Waals surface area contributed by atoms with Gasteiger partial charge in [-0.1, -0.05) is 38.1 Å². The fourth-order valence-corrected chi connectivity index (χ4v) is 2.56. The molecule has 2 radical (unpaired) electrons. The number of pyridine rings is 1. The van der Waals surface area contributed by atoms with Crippen LogP contribution in [0.3, 0.4) is 0 Å². The fraction of sp³-hybridized carbons (Fsp3) is 0.261. The molecule has 6 nitrogen and oxygen atoms in total. The maximum Gasteiger partial charge on any atom is 0.483 e. The lowest BCUT2D eigenvalue weighted by molar-refractivity contribution is 0.278. The van der Waals surface area contributed by atoms with Crippen LogP contribution in [-0.2, 0) is 13.2 Å². The molecule has 0 fully saturated rings. The Labute approximate surface area is 186 Å². The number of ether oxygens (including phenoxy) is 4. The molecule has 0 saturated carbocycles. The van der Waals surface area contributed by atoms with Gasteiger partial charge in [-0.15, -0.1) is 0 Å². The van der Waals surface area contributed by atoms with Crippen molar-refractivity contribution in [3.05, 3.63) is 71.8 Å². The summed E-state index contributed by atoms with van der Waals surface area (Å²) < 4.78 is 27.2. The van der Waals surface area contributed by atoms with Crippen LogP contribution >= 0.6 is 0 Å². The Bertz CT molecular complexity index is 815. The molecule has 0 unspecified atom stereocenters. The lowest BCUT2D eigenvalue weighted by atomic mass is 10.2. The molecule has 2 aromatic carbocycles. The van der Waals surface area contributed by atoms with Crippen LogP contribution in [0.15, 0.2) is 60.7 Å². The highest BCUT2D eigenvalue weighted by atomic mass is 27.1. The van der Waals surface area contributed by atoms with E-state index in [1.54, 1.807) is 26.4 Å². The van der Waals surface area contributed by atoms with Gasteiger partial charge in [0.05, 0.1) is 14.2 Å². The molecule has 0 aliphatic heterocycles. The van der Waals surface area contributed by atoms with Crippen molar-refractivity contribution in [2.45, 2.75) is 27.1 Å². The smallest absolute Gasteiger partial charge is 0.483 e. The Morgan fingerprint density at radius 1 is 0.667 bits per heavy atom. The molecule has 3 rings (SSSR count). The van der Waals surface area contributed by atoms with Gasteiger partial charge in [0.1, 0.15) is 30.5 Å². The lowest BCUT2D eigenvalue weighted by Gasteiger charge is -2.12. The van der Waals surface area contributed by atoms with E-state index < -0.39 is 0 Å². The second-order valence-corrected chi connectivity index (χ2v) is 6.11. The third-order valence-corrected chi connectivity index (χ3v) is 4.22. The topological polar surface area (TPSA) is 59.0 Å². The summed E-state index contributed by atoms with van der Waals surface area (Å²) in [7, 11) is 3.28. The minimum absolute atomic E-state index is 0.370. The summed E-state index contributed by atoms with van der Waals surface area (Å²) in [6, 6.07) is 18.8. The molecule has 1 aromatic heterocycles. The van der Waals surface area contributed by atoms with Gasteiger partial charge in [0, 0.05) is 12.1 Å². The van der Waals surface area contributed by atoms with Crippen molar-refractivity contribution in [3.63, 3.8) is 0 Å². The first kappa shape index (κ1) is 23.4. The second-order valence-electron chi connectivity index (χ2n) is 5.87. The molecular formula is C23H26AlNO5. The largest absolute Gasteiger partial charge is 0.640 e. The van der Waals surface area contributed by atoms with Crippen molar-refractivity contribution in [1.82, 2.24) is 4.98 Å². The van der Waals surface area contributed by atoms with Crippen LogP contribution < -0.4 is 22.7 Å². The Kier molecular flexibility index (Phi) is 9.86. The van der Waals surface area contributed by atoms with Gasteiger partial charge in [0.15, 0.2) is 5.88 Å². The van der Waals surface area contributed by atoms with Crippen molar-refractivity contribution < 1.29 is 22.7 Å². The number of aromatic nitrogens is 1. The van der Waals surface area contributed by atoms with Crippen LogP contribution in [0.1, 0.15) is 25.0 Å². The van der Waals surface area contributed by atoms with E-state index in [1.807, 2.05) is 62.4 Å².